The Bertz CT molecular complexity index is 646. The van der Waals surface area contributed by atoms with Crippen molar-refractivity contribution in [3.8, 4) is 0 Å². The van der Waals surface area contributed by atoms with Crippen molar-refractivity contribution >= 4 is 29.4 Å². The molecule has 0 aliphatic carbocycles. The van der Waals surface area contributed by atoms with Crippen LogP contribution in [0.2, 0.25) is 0 Å². The van der Waals surface area contributed by atoms with E-state index in [9.17, 15) is 9.18 Å². The van der Waals surface area contributed by atoms with E-state index in [1.54, 1.807) is 35.7 Å². The van der Waals surface area contributed by atoms with E-state index in [-0.39, 0.29) is 11.7 Å². The van der Waals surface area contributed by atoms with Crippen molar-refractivity contribution in [2.45, 2.75) is 24.0 Å². The van der Waals surface area contributed by atoms with Crippen LogP contribution in [-0.4, -0.2) is 24.0 Å². The molecular weight excluding hydrogens is 341 g/mol. The molecule has 0 radical (unpaired) electrons. The molecular formula is C19H22FNOS2. The molecule has 24 heavy (non-hydrogen) atoms. The molecule has 0 saturated carbocycles. The van der Waals surface area contributed by atoms with E-state index in [1.165, 1.54) is 16.5 Å². The number of benzene rings is 2. The predicted molar refractivity (Wildman–Crippen MR) is 102 cm³/mol. The number of hydrogen-bond acceptors (Lipinski definition) is 3. The number of nitrogens with one attached hydrogen (secondary N) is 1. The molecule has 1 N–H and O–H groups in total. The summed E-state index contributed by atoms with van der Waals surface area (Å²) in [5, 5.41) is 2.91. The van der Waals surface area contributed by atoms with Gasteiger partial charge in [-0.1, -0.05) is 35.9 Å². The Kier molecular flexibility index (Phi) is 8.19. The van der Waals surface area contributed by atoms with Crippen LogP contribution in [0.5, 0.6) is 0 Å². The lowest BCUT2D eigenvalue weighted by Gasteiger charge is -2.06. The molecule has 2 nitrogen and oxygen atoms in total. The molecule has 2 aromatic carbocycles. The lowest BCUT2D eigenvalue weighted by atomic mass is 10.2. The monoisotopic (exact) mass is 363 g/mol. The minimum absolute atomic E-state index is 0.0705. The molecule has 0 aliphatic rings. The molecule has 2 aromatic rings. The van der Waals surface area contributed by atoms with E-state index >= 15 is 0 Å². The highest BCUT2D eigenvalue weighted by Gasteiger charge is 2.03. The van der Waals surface area contributed by atoms with Gasteiger partial charge < -0.3 is 5.32 Å². The van der Waals surface area contributed by atoms with Gasteiger partial charge in [0.05, 0.1) is 0 Å². The second-order valence-corrected chi connectivity index (χ2v) is 7.68. The standard InChI is InChI=1S/C19H22FNOS2/c1-15-6-8-17(9-7-15)24-12-10-19(22)21-11-13-23-14-16-4-2-3-5-18(16)20/h2-9H,10-14H2,1H3,(H,21,22). The van der Waals surface area contributed by atoms with E-state index in [1.807, 2.05) is 6.07 Å². The fourth-order valence-corrected chi connectivity index (χ4v) is 3.74. The van der Waals surface area contributed by atoms with Gasteiger partial charge >= 0.3 is 0 Å². The minimum Gasteiger partial charge on any atom is -0.355 e. The molecule has 128 valence electrons. The van der Waals surface area contributed by atoms with Crippen LogP contribution in [0.25, 0.3) is 0 Å². The average molecular weight is 364 g/mol. The van der Waals surface area contributed by atoms with Gasteiger partial charge in [-0.05, 0) is 30.7 Å². The molecule has 0 aliphatic heterocycles. The Balaban J connectivity index is 1.53. The summed E-state index contributed by atoms with van der Waals surface area (Å²) in [5.74, 6) is 2.09. The second kappa shape index (κ2) is 10.4. The Morgan fingerprint density at radius 1 is 1.08 bits per heavy atom. The number of thioether (sulfide) groups is 2. The zero-order valence-electron chi connectivity index (χ0n) is 13.8. The van der Waals surface area contributed by atoms with Gasteiger partial charge in [0.2, 0.25) is 5.91 Å². The first kappa shape index (κ1) is 18.9. The van der Waals surface area contributed by atoms with E-state index < -0.39 is 0 Å². The summed E-state index contributed by atoms with van der Waals surface area (Å²) in [6.07, 6.45) is 0.510. The summed E-state index contributed by atoms with van der Waals surface area (Å²) in [5.41, 5.74) is 1.95. The van der Waals surface area contributed by atoms with Crippen LogP contribution >= 0.6 is 23.5 Å². The van der Waals surface area contributed by atoms with Crippen molar-refractivity contribution < 1.29 is 9.18 Å². The molecule has 0 unspecified atom stereocenters. The molecule has 5 heteroatoms. The number of carbonyl (C=O) groups excluding carboxylic acids is 1. The van der Waals surface area contributed by atoms with Crippen molar-refractivity contribution in [1.82, 2.24) is 5.32 Å². The third-order valence-corrected chi connectivity index (χ3v) is 5.42. The zero-order chi connectivity index (χ0) is 17.2. The SMILES string of the molecule is Cc1ccc(SCCC(=O)NCCSCc2ccccc2F)cc1. The van der Waals surface area contributed by atoms with Crippen molar-refractivity contribution in [2.24, 2.45) is 0 Å². The van der Waals surface area contributed by atoms with Gasteiger partial charge in [0.15, 0.2) is 0 Å². The van der Waals surface area contributed by atoms with Crippen LogP contribution in [0.4, 0.5) is 4.39 Å². The first-order valence-corrected chi connectivity index (χ1v) is 10.1. The smallest absolute Gasteiger partial charge is 0.220 e. The number of aryl methyl sites for hydroxylation is 1. The summed E-state index contributed by atoms with van der Waals surface area (Å²) in [6.45, 7) is 2.68. The minimum atomic E-state index is -0.165. The van der Waals surface area contributed by atoms with Gasteiger partial charge in [0, 0.05) is 35.1 Å². The molecule has 0 fully saturated rings. The first-order chi connectivity index (χ1) is 11.6. The quantitative estimate of drug-likeness (QED) is 0.519. The third-order valence-electron chi connectivity index (χ3n) is 3.40. The van der Waals surface area contributed by atoms with Crippen molar-refractivity contribution in [3.05, 3.63) is 65.5 Å². The van der Waals surface area contributed by atoms with Gasteiger partial charge in [-0.25, -0.2) is 4.39 Å². The Morgan fingerprint density at radius 3 is 2.58 bits per heavy atom. The van der Waals surface area contributed by atoms with E-state index in [2.05, 4.69) is 36.5 Å². The average Bonchev–Trinajstić information content (AvgIpc) is 2.58. The number of hydrogen-bond donors (Lipinski definition) is 1. The lowest BCUT2D eigenvalue weighted by Crippen LogP contribution is -2.25. The molecule has 2 rings (SSSR count). The van der Waals surface area contributed by atoms with Crippen molar-refractivity contribution in [2.75, 3.05) is 18.1 Å². The number of rotatable bonds is 9. The van der Waals surface area contributed by atoms with E-state index in [4.69, 9.17) is 0 Å². The van der Waals surface area contributed by atoms with Crippen LogP contribution in [0.15, 0.2) is 53.4 Å². The fraction of sp³-hybridized carbons (Fsp3) is 0.316. The Labute approximate surface area is 151 Å². The van der Waals surface area contributed by atoms with Gasteiger partial charge in [0.1, 0.15) is 5.82 Å². The lowest BCUT2D eigenvalue weighted by molar-refractivity contribution is -0.120. The summed E-state index contributed by atoms with van der Waals surface area (Å²) in [7, 11) is 0. The van der Waals surface area contributed by atoms with Crippen LogP contribution in [0.1, 0.15) is 17.5 Å². The zero-order valence-corrected chi connectivity index (χ0v) is 15.4. The maximum Gasteiger partial charge on any atom is 0.220 e. The van der Waals surface area contributed by atoms with Crippen LogP contribution in [0, 0.1) is 12.7 Å². The fourth-order valence-electron chi connectivity index (χ4n) is 2.04. The summed E-state index contributed by atoms with van der Waals surface area (Å²) >= 11 is 3.32. The Morgan fingerprint density at radius 2 is 1.83 bits per heavy atom. The molecule has 0 saturated heterocycles. The van der Waals surface area contributed by atoms with Gasteiger partial charge in [0.25, 0.3) is 0 Å². The Hall–Kier alpha value is -1.46. The summed E-state index contributed by atoms with van der Waals surface area (Å²) in [4.78, 5) is 13.0. The maximum absolute atomic E-state index is 13.4. The number of amides is 1. The van der Waals surface area contributed by atoms with Gasteiger partial charge in [-0.3, -0.25) is 4.79 Å². The van der Waals surface area contributed by atoms with E-state index in [0.717, 1.165) is 11.5 Å². The summed E-state index contributed by atoms with van der Waals surface area (Å²) in [6, 6.07) is 15.1. The van der Waals surface area contributed by atoms with Crippen molar-refractivity contribution in [1.29, 1.82) is 0 Å². The highest BCUT2D eigenvalue weighted by atomic mass is 32.2. The third kappa shape index (κ3) is 6.97. The second-order valence-electron chi connectivity index (χ2n) is 5.41. The topological polar surface area (TPSA) is 29.1 Å². The predicted octanol–water partition coefficient (Wildman–Crippen LogP) is 4.67. The molecule has 0 aromatic heterocycles. The van der Waals surface area contributed by atoms with Gasteiger partial charge in [-0.2, -0.15) is 11.8 Å². The molecule has 0 spiro atoms. The maximum atomic E-state index is 13.4. The largest absolute Gasteiger partial charge is 0.355 e. The summed E-state index contributed by atoms with van der Waals surface area (Å²) < 4.78 is 13.4. The molecule has 0 atom stereocenters. The van der Waals surface area contributed by atoms with Crippen molar-refractivity contribution in [3.63, 3.8) is 0 Å². The van der Waals surface area contributed by atoms with Crippen LogP contribution < -0.4 is 5.32 Å². The molecule has 0 bridgehead atoms. The number of carbonyl (C=O) groups is 1. The number of halogens is 1. The highest BCUT2D eigenvalue weighted by Crippen LogP contribution is 2.19. The van der Waals surface area contributed by atoms with Crippen LogP contribution in [0.3, 0.4) is 0 Å². The normalized spacial score (nSPS) is 10.6. The molecule has 0 heterocycles. The van der Waals surface area contributed by atoms with E-state index in [0.29, 0.717) is 24.3 Å². The van der Waals surface area contributed by atoms with Gasteiger partial charge in [-0.15, -0.1) is 11.8 Å². The molecule has 1 amide bonds. The highest BCUT2D eigenvalue weighted by molar-refractivity contribution is 7.99. The first-order valence-electron chi connectivity index (χ1n) is 7.92. The van der Waals surface area contributed by atoms with Crippen LogP contribution in [-0.2, 0) is 10.5 Å².